The van der Waals surface area contributed by atoms with Gasteiger partial charge in [-0.25, -0.2) is 0 Å². The highest BCUT2D eigenvalue weighted by molar-refractivity contribution is 5.84. The number of carbonyl (C=O) groups excluding carboxylic acids is 2. The van der Waals surface area contributed by atoms with Gasteiger partial charge in [-0.1, -0.05) is 20.8 Å². The van der Waals surface area contributed by atoms with Crippen molar-refractivity contribution in [3.05, 3.63) is 0 Å². The zero-order valence-corrected chi connectivity index (χ0v) is 8.23. The summed E-state index contributed by atoms with van der Waals surface area (Å²) in [5.74, 6) is -0.0741. The predicted molar refractivity (Wildman–Crippen MR) is 47.8 cm³/mol. The molecular weight excluding hydrogens is 154 g/mol. The lowest BCUT2D eigenvalue weighted by Crippen LogP contribution is -2.31. The molecule has 0 bridgehead atoms. The standard InChI is InChI=1S/C9H17NO2/c1-7(11)6-10-8(12)5-9(2,3)4/h5-6H2,1-4H3,(H,10,12). The van der Waals surface area contributed by atoms with Crippen molar-refractivity contribution in [2.45, 2.75) is 34.1 Å². The SMILES string of the molecule is CC(=O)CNC(=O)CC(C)(C)C. The molecule has 0 aromatic heterocycles. The van der Waals surface area contributed by atoms with E-state index in [4.69, 9.17) is 0 Å². The molecule has 0 aromatic carbocycles. The van der Waals surface area contributed by atoms with Crippen molar-refractivity contribution in [3.8, 4) is 0 Å². The van der Waals surface area contributed by atoms with E-state index in [2.05, 4.69) is 5.32 Å². The summed E-state index contributed by atoms with van der Waals surface area (Å²) in [6, 6.07) is 0. The number of hydrogen-bond donors (Lipinski definition) is 1. The van der Waals surface area contributed by atoms with Crippen LogP contribution in [0.2, 0.25) is 0 Å². The summed E-state index contributed by atoms with van der Waals surface area (Å²) in [5, 5.41) is 2.55. The van der Waals surface area contributed by atoms with Gasteiger partial charge in [0.2, 0.25) is 5.91 Å². The number of hydrogen-bond acceptors (Lipinski definition) is 2. The number of rotatable bonds is 3. The molecule has 3 heteroatoms. The third-order valence-electron chi connectivity index (χ3n) is 1.23. The van der Waals surface area contributed by atoms with Gasteiger partial charge in [0.05, 0.1) is 6.54 Å². The molecule has 3 nitrogen and oxygen atoms in total. The van der Waals surface area contributed by atoms with E-state index in [1.54, 1.807) is 0 Å². The first kappa shape index (κ1) is 11.1. The summed E-state index contributed by atoms with van der Waals surface area (Å²) < 4.78 is 0. The Morgan fingerprint density at radius 1 is 1.25 bits per heavy atom. The van der Waals surface area contributed by atoms with Crippen LogP contribution in [0.4, 0.5) is 0 Å². The van der Waals surface area contributed by atoms with Crippen molar-refractivity contribution in [1.82, 2.24) is 5.32 Å². The van der Waals surface area contributed by atoms with Crippen LogP contribution in [0.5, 0.6) is 0 Å². The fourth-order valence-corrected chi connectivity index (χ4v) is 0.767. The van der Waals surface area contributed by atoms with Gasteiger partial charge in [0.15, 0.2) is 0 Å². The van der Waals surface area contributed by atoms with E-state index in [0.29, 0.717) is 6.42 Å². The van der Waals surface area contributed by atoms with Crippen molar-refractivity contribution in [2.24, 2.45) is 5.41 Å². The molecule has 0 heterocycles. The molecule has 0 aliphatic heterocycles. The number of Topliss-reactive ketones (excluding diaryl/α,β-unsaturated/α-hetero) is 1. The summed E-state index contributed by atoms with van der Waals surface area (Å²) >= 11 is 0. The first-order valence-corrected chi connectivity index (χ1v) is 4.07. The second-order valence-electron chi connectivity index (χ2n) is 4.22. The molecule has 0 saturated heterocycles. The molecule has 0 rings (SSSR count). The lowest BCUT2D eigenvalue weighted by molar-refractivity contribution is -0.125. The summed E-state index contributed by atoms with van der Waals surface area (Å²) in [5.41, 5.74) is -0.0130. The quantitative estimate of drug-likeness (QED) is 0.691. The predicted octanol–water partition coefficient (Wildman–Crippen LogP) is 1.13. The second kappa shape index (κ2) is 4.24. The van der Waals surface area contributed by atoms with Crippen molar-refractivity contribution in [3.63, 3.8) is 0 Å². The smallest absolute Gasteiger partial charge is 0.220 e. The molecule has 0 aliphatic carbocycles. The number of nitrogens with one attached hydrogen (secondary N) is 1. The fraction of sp³-hybridized carbons (Fsp3) is 0.778. The maximum absolute atomic E-state index is 11.1. The summed E-state index contributed by atoms with van der Waals surface area (Å²) in [6.07, 6.45) is 0.459. The highest BCUT2D eigenvalue weighted by atomic mass is 16.2. The Morgan fingerprint density at radius 3 is 2.08 bits per heavy atom. The molecule has 0 radical (unpaired) electrons. The molecule has 0 saturated carbocycles. The van der Waals surface area contributed by atoms with Crippen LogP contribution in [0.25, 0.3) is 0 Å². The molecule has 0 unspecified atom stereocenters. The van der Waals surface area contributed by atoms with E-state index >= 15 is 0 Å². The van der Waals surface area contributed by atoms with Gasteiger partial charge >= 0.3 is 0 Å². The van der Waals surface area contributed by atoms with Crippen LogP contribution in [0.15, 0.2) is 0 Å². The average Bonchev–Trinajstić information content (AvgIpc) is 1.79. The van der Waals surface area contributed by atoms with Gasteiger partial charge in [-0.3, -0.25) is 9.59 Å². The monoisotopic (exact) mass is 171 g/mol. The molecule has 1 amide bonds. The molecule has 1 N–H and O–H groups in total. The van der Waals surface area contributed by atoms with Crippen LogP contribution in [-0.4, -0.2) is 18.2 Å². The van der Waals surface area contributed by atoms with Gasteiger partial charge < -0.3 is 5.32 Å². The lowest BCUT2D eigenvalue weighted by atomic mass is 9.92. The maximum atomic E-state index is 11.1. The summed E-state index contributed by atoms with van der Waals surface area (Å²) in [6.45, 7) is 7.56. The third-order valence-corrected chi connectivity index (χ3v) is 1.23. The Hall–Kier alpha value is -0.860. The fourth-order valence-electron chi connectivity index (χ4n) is 0.767. The Morgan fingerprint density at radius 2 is 1.75 bits per heavy atom. The van der Waals surface area contributed by atoms with Crippen molar-refractivity contribution < 1.29 is 9.59 Å². The molecule has 0 atom stereocenters. The van der Waals surface area contributed by atoms with Crippen LogP contribution in [0, 0.1) is 5.41 Å². The zero-order chi connectivity index (χ0) is 9.78. The third kappa shape index (κ3) is 7.25. The molecule has 0 fully saturated rings. The van der Waals surface area contributed by atoms with Gasteiger partial charge in [-0.2, -0.15) is 0 Å². The first-order chi connectivity index (χ1) is 5.31. The Balaban J connectivity index is 3.68. The second-order valence-corrected chi connectivity index (χ2v) is 4.22. The zero-order valence-electron chi connectivity index (χ0n) is 8.23. The Labute approximate surface area is 73.5 Å². The maximum Gasteiger partial charge on any atom is 0.220 e. The van der Waals surface area contributed by atoms with E-state index in [0.717, 1.165) is 0 Å². The largest absolute Gasteiger partial charge is 0.349 e. The molecule has 0 spiro atoms. The minimum absolute atomic E-state index is 0.0130. The highest BCUT2D eigenvalue weighted by Gasteiger charge is 2.15. The minimum Gasteiger partial charge on any atom is -0.349 e. The van der Waals surface area contributed by atoms with E-state index in [1.165, 1.54) is 6.92 Å². The highest BCUT2D eigenvalue weighted by Crippen LogP contribution is 2.17. The number of ketones is 1. The lowest BCUT2D eigenvalue weighted by Gasteiger charge is -2.16. The topological polar surface area (TPSA) is 46.2 Å². The van der Waals surface area contributed by atoms with E-state index in [9.17, 15) is 9.59 Å². The van der Waals surface area contributed by atoms with Crippen LogP contribution in [0.1, 0.15) is 34.1 Å². The number of carbonyl (C=O) groups is 2. The summed E-state index contributed by atoms with van der Waals surface area (Å²) in [4.78, 5) is 21.6. The van der Waals surface area contributed by atoms with Crippen molar-refractivity contribution in [1.29, 1.82) is 0 Å². The number of amides is 1. The molecular formula is C9H17NO2. The van der Waals surface area contributed by atoms with Crippen LogP contribution >= 0.6 is 0 Å². The first-order valence-electron chi connectivity index (χ1n) is 4.07. The van der Waals surface area contributed by atoms with Gasteiger partial charge in [0.25, 0.3) is 0 Å². The molecule has 70 valence electrons. The van der Waals surface area contributed by atoms with Crippen LogP contribution in [0.3, 0.4) is 0 Å². The van der Waals surface area contributed by atoms with E-state index < -0.39 is 0 Å². The average molecular weight is 171 g/mol. The molecule has 0 aliphatic rings. The molecule has 12 heavy (non-hydrogen) atoms. The van der Waals surface area contributed by atoms with Crippen LogP contribution in [-0.2, 0) is 9.59 Å². The Kier molecular flexibility index (Phi) is 3.93. The summed E-state index contributed by atoms with van der Waals surface area (Å²) in [7, 11) is 0. The normalized spacial score (nSPS) is 11.0. The van der Waals surface area contributed by atoms with Crippen molar-refractivity contribution in [2.75, 3.05) is 6.54 Å². The van der Waals surface area contributed by atoms with Gasteiger partial charge in [-0.05, 0) is 12.3 Å². The minimum atomic E-state index is -0.0577. The van der Waals surface area contributed by atoms with E-state index in [-0.39, 0.29) is 23.7 Å². The van der Waals surface area contributed by atoms with Crippen molar-refractivity contribution >= 4 is 11.7 Å². The van der Waals surface area contributed by atoms with E-state index in [1.807, 2.05) is 20.8 Å². The van der Waals surface area contributed by atoms with Gasteiger partial charge in [-0.15, -0.1) is 0 Å². The van der Waals surface area contributed by atoms with Gasteiger partial charge in [0.1, 0.15) is 5.78 Å². The van der Waals surface area contributed by atoms with Crippen LogP contribution < -0.4 is 5.32 Å². The van der Waals surface area contributed by atoms with Gasteiger partial charge in [0, 0.05) is 6.42 Å². The molecule has 0 aromatic rings. The Bertz CT molecular complexity index is 179.